The number of hydrogen-bond acceptors (Lipinski definition) is 10. The van der Waals surface area contributed by atoms with Crippen molar-refractivity contribution in [3.63, 3.8) is 0 Å². The lowest BCUT2D eigenvalue weighted by molar-refractivity contribution is -0.384. The van der Waals surface area contributed by atoms with E-state index in [0.717, 1.165) is 84.6 Å². The number of ether oxygens (including phenoxy) is 3. The average molecular weight is 903 g/mol. The van der Waals surface area contributed by atoms with E-state index in [2.05, 4.69) is 32.2 Å². The number of nitrogens with zero attached hydrogens (tertiary/aromatic N) is 2. The first kappa shape index (κ1) is 51.3. The van der Waals surface area contributed by atoms with Crippen molar-refractivity contribution in [2.75, 3.05) is 32.2 Å². The van der Waals surface area contributed by atoms with Gasteiger partial charge in [-0.3, -0.25) is 10.1 Å². The van der Waals surface area contributed by atoms with Crippen LogP contribution in [0.4, 0.5) is 5.69 Å². The van der Waals surface area contributed by atoms with Gasteiger partial charge >= 0.3 is 0 Å². The lowest BCUT2D eigenvalue weighted by Gasteiger charge is -2.58. The van der Waals surface area contributed by atoms with Gasteiger partial charge in [-0.2, -0.15) is 11.8 Å². The van der Waals surface area contributed by atoms with E-state index in [1.165, 1.54) is 95.6 Å². The number of oxime groups is 1. The van der Waals surface area contributed by atoms with E-state index in [0.29, 0.717) is 19.6 Å². The number of allylic oxidation sites excluding steroid dienone is 1. The van der Waals surface area contributed by atoms with Crippen LogP contribution in [0.2, 0.25) is 0 Å². The van der Waals surface area contributed by atoms with E-state index in [4.69, 9.17) is 24.2 Å². The Morgan fingerprint density at radius 2 is 1.48 bits per heavy atom. The van der Waals surface area contributed by atoms with Crippen molar-refractivity contribution in [2.24, 2.45) is 22.9 Å². The Morgan fingerprint density at radius 3 is 2.11 bits per heavy atom. The SMILES string of the molecule is C=CCOc1ccc2c(c1)[C@H]1[C@H](CCCCO)[C@@H](CCCCO)C=C3C(=NOCc4ccc([N+](=O)[O-])cc4)C[C@H](SCCCCCCCCCCCCCCCC)[C@@](OCC=C)(O2)[C@H]31. The number of thioether (sulfide) groups is 1. The van der Waals surface area contributed by atoms with Gasteiger partial charge in [0, 0.05) is 43.2 Å². The van der Waals surface area contributed by atoms with Crippen LogP contribution >= 0.6 is 11.8 Å². The monoisotopic (exact) mass is 903 g/mol. The van der Waals surface area contributed by atoms with Gasteiger partial charge in [-0.25, -0.2) is 0 Å². The van der Waals surface area contributed by atoms with Crippen molar-refractivity contribution in [3.05, 3.63) is 101 Å². The smallest absolute Gasteiger partial charge is 0.269 e. The molecule has 0 amide bonds. The Balaban J connectivity index is 1.43. The van der Waals surface area contributed by atoms with Crippen molar-refractivity contribution in [1.82, 2.24) is 0 Å². The Bertz CT molecular complexity index is 1770. The maximum Gasteiger partial charge on any atom is 0.269 e. The molecule has 10 nitrogen and oxygen atoms in total. The summed E-state index contributed by atoms with van der Waals surface area (Å²) in [6.45, 7) is 11.4. The molecule has 0 bridgehead atoms. The summed E-state index contributed by atoms with van der Waals surface area (Å²) < 4.78 is 20.6. The van der Waals surface area contributed by atoms with E-state index in [-0.39, 0.29) is 54.4 Å². The molecule has 2 aromatic rings. The van der Waals surface area contributed by atoms with Crippen LogP contribution in [0.3, 0.4) is 0 Å². The molecule has 1 saturated carbocycles. The third kappa shape index (κ3) is 14.7. The first-order chi connectivity index (χ1) is 31.4. The molecule has 354 valence electrons. The molecule has 64 heavy (non-hydrogen) atoms. The third-order valence-electron chi connectivity index (χ3n) is 13.4. The van der Waals surface area contributed by atoms with Crippen molar-refractivity contribution in [2.45, 2.75) is 165 Å². The Kier molecular flexibility index (Phi) is 22.8. The average Bonchev–Trinajstić information content (AvgIpc) is 3.30. The maximum absolute atomic E-state index is 11.3. The van der Waals surface area contributed by atoms with Crippen LogP contribution in [0.15, 0.2) is 84.6 Å². The molecule has 5 rings (SSSR count). The molecule has 0 spiro atoms. The minimum absolute atomic E-state index is 0.0250. The van der Waals surface area contributed by atoms with Crippen molar-refractivity contribution < 1.29 is 34.2 Å². The van der Waals surface area contributed by atoms with Crippen LogP contribution in [0, 0.1) is 27.9 Å². The summed E-state index contributed by atoms with van der Waals surface area (Å²) in [4.78, 5) is 17.1. The van der Waals surface area contributed by atoms with Crippen LogP contribution in [0.1, 0.15) is 159 Å². The quantitative estimate of drug-likeness (QED) is 0.0305. The molecule has 1 fully saturated rings. The predicted molar refractivity (Wildman–Crippen MR) is 261 cm³/mol. The number of non-ortho nitro benzene ring substituents is 1. The van der Waals surface area contributed by atoms with E-state index in [1.54, 1.807) is 18.2 Å². The van der Waals surface area contributed by atoms with E-state index < -0.39 is 10.7 Å². The van der Waals surface area contributed by atoms with Gasteiger partial charge in [0.1, 0.15) is 24.7 Å². The van der Waals surface area contributed by atoms with E-state index in [1.807, 2.05) is 30.0 Å². The summed E-state index contributed by atoms with van der Waals surface area (Å²) in [7, 11) is 0. The molecule has 1 heterocycles. The summed E-state index contributed by atoms with van der Waals surface area (Å²) in [5, 5.41) is 35.9. The molecule has 0 saturated heterocycles. The molecule has 3 aliphatic rings. The third-order valence-corrected chi connectivity index (χ3v) is 14.8. The molecule has 0 radical (unpaired) electrons. The fourth-order valence-electron chi connectivity index (χ4n) is 10.1. The van der Waals surface area contributed by atoms with Crippen molar-refractivity contribution >= 4 is 23.2 Å². The highest BCUT2D eigenvalue weighted by Gasteiger charge is 2.64. The molecule has 0 unspecified atom stereocenters. The predicted octanol–water partition coefficient (Wildman–Crippen LogP) is 13.2. The topological polar surface area (TPSA) is 133 Å². The van der Waals surface area contributed by atoms with Gasteiger partial charge in [0.15, 0.2) is 0 Å². The number of hydrogen-bond donors (Lipinski definition) is 2. The minimum atomic E-state index is -1.02. The first-order valence-corrected chi connectivity index (χ1v) is 25.7. The van der Waals surface area contributed by atoms with Crippen LogP contribution < -0.4 is 9.47 Å². The molecule has 2 aliphatic carbocycles. The molecule has 6 atom stereocenters. The van der Waals surface area contributed by atoms with Gasteiger partial charge in [-0.05, 0) is 91.2 Å². The van der Waals surface area contributed by atoms with E-state index >= 15 is 0 Å². The van der Waals surface area contributed by atoms with Gasteiger partial charge < -0.3 is 29.3 Å². The summed E-state index contributed by atoms with van der Waals surface area (Å²) >= 11 is 1.91. The molecular weight excluding hydrogens is 825 g/mol. The van der Waals surface area contributed by atoms with Crippen LogP contribution in [0.25, 0.3) is 0 Å². The number of fused-ring (bicyclic) bond motifs is 2. The second kappa shape index (κ2) is 28.4. The number of rotatable bonds is 34. The van der Waals surface area contributed by atoms with Crippen LogP contribution in [-0.2, 0) is 16.2 Å². The van der Waals surface area contributed by atoms with Crippen molar-refractivity contribution in [1.29, 1.82) is 0 Å². The Morgan fingerprint density at radius 1 is 0.844 bits per heavy atom. The molecule has 2 N–H and O–H groups in total. The second-order valence-corrected chi connectivity index (χ2v) is 19.3. The Labute approximate surface area is 388 Å². The minimum Gasteiger partial charge on any atom is -0.490 e. The van der Waals surface area contributed by atoms with Crippen molar-refractivity contribution in [3.8, 4) is 11.5 Å². The highest BCUT2D eigenvalue weighted by molar-refractivity contribution is 8.00. The zero-order valence-corrected chi connectivity index (χ0v) is 39.6. The lowest BCUT2D eigenvalue weighted by atomic mass is 9.56. The molecule has 2 aromatic carbocycles. The second-order valence-electron chi connectivity index (χ2n) is 18.0. The molecular formula is C53H78N2O8S. The number of nitro benzene ring substituents is 1. The Hall–Kier alpha value is -3.64. The highest BCUT2D eigenvalue weighted by atomic mass is 32.2. The zero-order valence-electron chi connectivity index (χ0n) is 38.8. The largest absolute Gasteiger partial charge is 0.490 e. The summed E-state index contributed by atoms with van der Waals surface area (Å²) in [6.07, 6.45) is 30.0. The summed E-state index contributed by atoms with van der Waals surface area (Å²) in [5.41, 5.74) is 3.86. The fraction of sp³-hybridized carbons (Fsp3) is 0.642. The van der Waals surface area contributed by atoms with Gasteiger partial charge in [-0.15, -0.1) is 6.58 Å². The number of aliphatic hydroxyl groups is 2. The first-order valence-electron chi connectivity index (χ1n) is 24.7. The van der Waals surface area contributed by atoms with Gasteiger partial charge in [0.25, 0.3) is 5.69 Å². The van der Waals surface area contributed by atoms with Gasteiger partial charge in [0.2, 0.25) is 5.79 Å². The maximum atomic E-state index is 11.3. The zero-order chi connectivity index (χ0) is 45.4. The summed E-state index contributed by atoms with van der Waals surface area (Å²) in [6, 6.07) is 12.6. The normalized spacial score (nSPS) is 22.8. The lowest BCUT2D eigenvalue weighted by Crippen LogP contribution is -2.64. The van der Waals surface area contributed by atoms with Gasteiger partial charge in [0.05, 0.1) is 28.4 Å². The van der Waals surface area contributed by atoms with Gasteiger partial charge in [-0.1, -0.05) is 133 Å². The molecule has 1 aliphatic heterocycles. The highest BCUT2D eigenvalue weighted by Crippen LogP contribution is 2.62. The number of aliphatic hydroxyl groups excluding tert-OH is 2. The molecule has 0 aromatic heterocycles. The fourth-order valence-corrected chi connectivity index (χ4v) is 11.6. The van der Waals surface area contributed by atoms with Crippen LogP contribution in [0.5, 0.6) is 11.5 Å². The van der Waals surface area contributed by atoms with E-state index in [9.17, 15) is 20.3 Å². The number of benzene rings is 2. The number of nitro groups is 1. The molecule has 11 heteroatoms. The van der Waals surface area contributed by atoms with Crippen LogP contribution in [-0.4, -0.2) is 64.1 Å². The summed E-state index contributed by atoms with van der Waals surface area (Å²) in [5.74, 6) is 1.60. The number of unbranched alkanes of at least 4 members (excludes halogenated alkanes) is 15. The standard InChI is InChI=1S/C53H78N2O8S/c1-4-7-8-9-10-11-12-13-14-15-16-17-18-23-36-64-50-39-48(54-62-40-41-26-28-43(29-27-41)55(58)59)46-37-42(24-19-21-32-56)45(25-20-22-33-57)51-47-38-44(60-34-5-2)30-31-49(47)63-53(50,52(46)51)61-35-6-3/h5-6,26-31,37-38,42,45,50-52,56-57H,2-4,7-25,32-36,39-40H2,1H3/t42-,45+,50-,51+,52+,53+/m0/s1.